The fraction of sp³-hybridized carbons (Fsp3) is 0.125. The van der Waals surface area contributed by atoms with Crippen molar-refractivity contribution in [3.8, 4) is 0 Å². The van der Waals surface area contributed by atoms with Gasteiger partial charge in [-0.3, -0.25) is 9.59 Å². The van der Waals surface area contributed by atoms with Crippen LogP contribution in [0.1, 0.15) is 15.9 Å². The van der Waals surface area contributed by atoms with E-state index in [1.54, 1.807) is 30.3 Å². The maximum Gasteiger partial charge on any atom is 0.251 e. The van der Waals surface area contributed by atoms with Gasteiger partial charge in [0.1, 0.15) is 5.82 Å². The molecular weight excluding hydrogens is 307 g/mol. The van der Waals surface area contributed by atoms with E-state index in [-0.39, 0.29) is 24.6 Å². The third-order valence-corrected chi connectivity index (χ3v) is 3.16. The van der Waals surface area contributed by atoms with Crippen LogP contribution in [0.15, 0.2) is 48.5 Å². The standard InChI is InChI=1S/C16H14ClFN2O2/c17-13-6-7-14(18)12(8-13)9-19-15(21)10-20-16(22)11-4-2-1-3-5-11/h1-8H,9-10H2,(H,19,21)(H,20,22). The van der Waals surface area contributed by atoms with E-state index in [1.165, 1.54) is 18.2 Å². The lowest BCUT2D eigenvalue weighted by atomic mass is 10.2. The number of hydrogen-bond acceptors (Lipinski definition) is 2. The Labute approximate surface area is 132 Å². The van der Waals surface area contributed by atoms with Crippen molar-refractivity contribution in [2.75, 3.05) is 6.54 Å². The molecule has 0 spiro atoms. The average Bonchev–Trinajstić information content (AvgIpc) is 2.54. The lowest BCUT2D eigenvalue weighted by molar-refractivity contribution is -0.120. The summed E-state index contributed by atoms with van der Waals surface area (Å²) in [5, 5.41) is 5.40. The molecule has 0 atom stereocenters. The van der Waals surface area contributed by atoms with Crippen LogP contribution in [-0.2, 0) is 11.3 Å². The molecular formula is C16H14ClFN2O2. The number of rotatable bonds is 5. The van der Waals surface area contributed by atoms with E-state index in [2.05, 4.69) is 10.6 Å². The Morgan fingerprint density at radius 2 is 1.77 bits per heavy atom. The van der Waals surface area contributed by atoms with Crippen molar-refractivity contribution in [2.24, 2.45) is 0 Å². The van der Waals surface area contributed by atoms with Crippen molar-refractivity contribution in [1.29, 1.82) is 0 Å². The zero-order chi connectivity index (χ0) is 15.9. The first-order valence-corrected chi connectivity index (χ1v) is 6.98. The Hall–Kier alpha value is -2.40. The maximum atomic E-state index is 13.5. The number of nitrogens with one attached hydrogen (secondary N) is 2. The molecule has 2 aromatic carbocycles. The first kappa shape index (κ1) is 16.0. The van der Waals surface area contributed by atoms with Gasteiger partial charge in [0, 0.05) is 22.7 Å². The van der Waals surface area contributed by atoms with Gasteiger partial charge in [-0.1, -0.05) is 29.8 Å². The van der Waals surface area contributed by atoms with E-state index in [0.29, 0.717) is 10.6 Å². The lowest BCUT2D eigenvalue weighted by Gasteiger charge is -2.08. The molecule has 0 aliphatic heterocycles. The summed E-state index contributed by atoms with van der Waals surface area (Å²) in [4.78, 5) is 23.4. The molecule has 0 bridgehead atoms. The molecule has 0 aliphatic carbocycles. The summed E-state index contributed by atoms with van der Waals surface area (Å²) in [6, 6.07) is 12.7. The van der Waals surface area contributed by atoms with E-state index >= 15 is 0 Å². The summed E-state index contributed by atoms with van der Waals surface area (Å²) in [5.74, 6) is -1.20. The Kier molecular flexibility index (Phi) is 5.49. The lowest BCUT2D eigenvalue weighted by Crippen LogP contribution is -2.36. The number of hydrogen-bond donors (Lipinski definition) is 2. The van der Waals surface area contributed by atoms with Crippen LogP contribution in [0.25, 0.3) is 0 Å². The molecule has 0 unspecified atom stereocenters. The molecule has 2 aromatic rings. The Bertz CT molecular complexity index is 677. The van der Waals surface area contributed by atoms with E-state index in [0.717, 1.165) is 0 Å². The first-order valence-electron chi connectivity index (χ1n) is 6.60. The number of halogens is 2. The summed E-state index contributed by atoms with van der Waals surface area (Å²) in [7, 11) is 0. The molecule has 0 saturated carbocycles. The summed E-state index contributed by atoms with van der Waals surface area (Å²) >= 11 is 5.77. The molecule has 6 heteroatoms. The van der Waals surface area contributed by atoms with Crippen LogP contribution in [0.4, 0.5) is 4.39 Å². The highest BCUT2D eigenvalue weighted by molar-refractivity contribution is 6.30. The molecule has 0 heterocycles. The summed E-state index contributed by atoms with van der Waals surface area (Å²) in [5.41, 5.74) is 0.756. The number of amides is 2. The van der Waals surface area contributed by atoms with Gasteiger partial charge in [-0.05, 0) is 30.3 Å². The SMILES string of the molecule is O=C(CNC(=O)c1ccccc1)NCc1cc(Cl)ccc1F. The minimum absolute atomic E-state index is 0.00638. The average molecular weight is 321 g/mol. The molecule has 114 valence electrons. The molecule has 0 fully saturated rings. The third kappa shape index (κ3) is 4.56. The Balaban J connectivity index is 1.81. The molecule has 0 radical (unpaired) electrons. The molecule has 4 nitrogen and oxygen atoms in total. The summed E-state index contributed by atoms with van der Waals surface area (Å²) in [6.07, 6.45) is 0. The minimum atomic E-state index is -0.446. The van der Waals surface area contributed by atoms with Gasteiger partial charge in [-0.2, -0.15) is 0 Å². The fourth-order valence-electron chi connectivity index (χ4n) is 1.79. The first-order chi connectivity index (χ1) is 10.6. The molecule has 22 heavy (non-hydrogen) atoms. The monoisotopic (exact) mass is 320 g/mol. The number of carbonyl (C=O) groups excluding carboxylic acids is 2. The highest BCUT2D eigenvalue weighted by Gasteiger charge is 2.08. The smallest absolute Gasteiger partial charge is 0.251 e. The van der Waals surface area contributed by atoms with E-state index < -0.39 is 11.7 Å². The van der Waals surface area contributed by atoms with Crippen LogP contribution in [0.3, 0.4) is 0 Å². The topological polar surface area (TPSA) is 58.2 Å². The van der Waals surface area contributed by atoms with Crippen molar-refractivity contribution in [3.63, 3.8) is 0 Å². The Morgan fingerprint density at radius 1 is 1.05 bits per heavy atom. The van der Waals surface area contributed by atoms with Crippen LogP contribution >= 0.6 is 11.6 Å². The van der Waals surface area contributed by atoms with Gasteiger partial charge in [-0.15, -0.1) is 0 Å². The molecule has 2 amide bonds. The zero-order valence-corrected chi connectivity index (χ0v) is 12.4. The van der Waals surface area contributed by atoms with Crippen LogP contribution in [0, 0.1) is 5.82 Å². The van der Waals surface area contributed by atoms with Gasteiger partial charge >= 0.3 is 0 Å². The van der Waals surface area contributed by atoms with E-state index in [4.69, 9.17) is 11.6 Å². The summed E-state index contributed by atoms with van der Waals surface area (Å²) < 4.78 is 13.5. The summed E-state index contributed by atoms with van der Waals surface area (Å²) in [6.45, 7) is -0.178. The largest absolute Gasteiger partial charge is 0.350 e. The molecule has 0 aliphatic rings. The number of benzene rings is 2. The van der Waals surface area contributed by atoms with E-state index in [9.17, 15) is 14.0 Å². The van der Waals surface area contributed by atoms with Crippen molar-refractivity contribution >= 4 is 23.4 Å². The second-order valence-corrected chi connectivity index (χ2v) is 5.00. The minimum Gasteiger partial charge on any atom is -0.350 e. The van der Waals surface area contributed by atoms with Crippen LogP contribution < -0.4 is 10.6 Å². The van der Waals surface area contributed by atoms with Gasteiger partial charge in [0.05, 0.1) is 6.54 Å². The normalized spacial score (nSPS) is 10.1. The Morgan fingerprint density at radius 3 is 2.50 bits per heavy atom. The quantitative estimate of drug-likeness (QED) is 0.889. The maximum absolute atomic E-state index is 13.5. The van der Waals surface area contributed by atoms with Gasteiger partial charge in [-0.25, -0.2) is 4.39 Å². The van der Waals surface area contributed by atoms with Crippen molar-refractivity contribution in [2.45, 2.75) is 6.54 Å². The third-order valence-electron chi connectivity index (χ3n) is 2.93. The van der Waals surface area contributed by atoms with Gasteiger partial charge in [0.2, 0.25) is 5.91 Å². The predicted octanol–water partition coefficient (Wildman–Crippen LogP) is 2.53. The van der Waals surface area contributed by atoms with Gasteiger partial charge in [0.15, 0.2) is 0 Å². The molecule has 2 N–H and O–H groups in total. The molecule has 2 rings (SSSR count). The van der Waals surface area contributed by atoms with Gasteiger partial charge in [0.25, 0.3) is 5.91 Å². The van der Waals surface area contributed by atoms with Crippen molar-refractivity contribution < 1.29 is 14.0 Å². The van der Waals surface area contributed by atoms with E-state index in [1.807, 2.05) is 0 Å². The highest BCUT2D eigenvalue weighted by atomic mass is 35.5. The molecule has 0 aromatic heterocycles. The predicted molar refractivity (Wildman–Crippen MR) is 82.0 cm³/mol. The zero-order valence-electron chi connectivity index (χ0n) is 11.6. The number of carbonyl (C=O) groups is 2. The van der Waals surface area contributed by atoms with Crippen molar-refractivity contribution in [3.05, 3.63) is 70.5 Å². The van der Waals surface area contributed by atoms with Crippen LogP contribution in [-0.4, -0.2) is 18.4 Å². The second kappa shape index (κ2) is 7.56. The molecule has 0 saturated heterocycles. The second-order valence-electron chi connectivity index (χ2n) is 4.56. The fourth-order valence-corrected chi connectivity index (χ4v) is 1.98. The van der Waals surface area contributed by atoms with Crippen LogP contribution in [0.2, 0.25) is 5.02 Å². The highest BCUT2D eigenvalue weighted by Crippen LogP contribution is 2.14. The van der Waals surface area contributed by atoms with Gasteiger partial charge < -0.3 is 10.6 Å². The van der Waals surface area contributed by atoms with Crippen LogP contribution in [0.5, 0.6) is 0 Å². The van der Waals surface area contributed by atoms with Crippen molar-refractivity contribution in [1.82, 2.24) is 10.6 Å².